The van der Waals surface area contributed by atoms with E-state index in [1.165, 1.54) is 10.9 Å². The van der Waals surface area contributed by atoms with Crippen molar-refractivity contribution in [3.63, 3.8) is 0 Å². The van der Waals surface area contributed by atoms with Crippen LogP contribution in [0.25, 0.3) is 5.69 Å². The van der Waals surface area contributed by atoms with Gasteiger partial charge in [-0.15, -0.1) is 0 Å². The fourth-order valence-electron chi connectivity index (χ4n) is 2.20. The van der Waals surface area contributed by atoms with Crippen molar-refractivity contribution in [1.29, 1.82) is 0 Å². The molecule has 6 nitrogen and oxygen atoms in total. The second kappa shape index (κ2) is 7.63. The lowest BCUT2D eigenvalue weighted by molar-refractivity contribution is -0.115. The fraction of sp³-hybridized carbons (Fsp3) is 0.0556. The van der Waals surface area contributed by atoms with Gasteiger partial charge in [0.2, 0.25) is 5.91 Å². The Morgan fingerprint density at radius 2 is 1.76 bits per heavy atom. The quantitative estimate of drug-likeness (QED) is 0.739. The van der Waals surface area contributed by atoms with E-state index in [4.69, 9.17) is 11.6 Å². The molecule has 0 fully saturated rings. The Morgan fingerprint density at radius 1 is 1.04 bits per heavy atom. The van der Waals surface area contributed by atoms with Crippen LogP contribution in [0.2, 0.25) is 5.02 Å². The summed E-state index contributed by atoms with van der Waals surface area (Å²) in [6.07, 6.45) is 2.99. The molecule has 0 saturated heterocycles. The molecule has 2 aromatic carbocycles. The van der Waals surface area contributed by atoms with Gasteiger partial charge in [-0.3, -0.25) is 9.59 Å². The maximum Gasteiger partial charge on any atom is 0.254 e. The van der Waals surface area contributed by atoms with Crippen LogP contribution in [0, 0.1) is 0 Å². The van der Waals surface area contributed by atoms with Crippen molar-refractivity contribution >= 4 is 29.1 Å². The molecule has 2 N–H and O–H groups in total. The summed E-state index contributed by atoms with van der Waals surface area (Å²) in [6, 6.07) is 16.2. The number of hydrogen-bond acceptors (Lipinski definition) is 3. The number of halogens is 1. The van der Waals surface area contributed by atoms with Crippen molar-refractivity contribution in [2.75, 3.05) is 11.9 Å². The number of amides is 2. The minimum atomic E-state index is -0.387. The highest BCUT2D eigenvalue weighted by Crippen LogP contribution is 2.19. The molecule has 1 aromatic heterocycles. The highest BCUT2D eigenvalue weighted by molar-refractivity contribution is 6.32. The molecule has 0 aliphatic carbocycles. The standard InChI is InChI=1S/C18H15ClN4O2/c19-15-8-4-5-9-16(15)23-12-13(10-21-23)18(25)20-11-17(24)22-14-6-2-1-3-7-14/h1-10,12H,11H2,(H,20,25)(H,22,24). The third-order valence-electron chi connectivity index (χ3n) is 3.41. The van der Waals surface area contributed by atoms with Crippen LogP contribution >= 0.6 is 11.6 Å². The Bertz CT molecular complexity index is 893. The van der Waals surface area contributed by atoms with Crippen molar-refractivity contribution in [2.24, 2.45) is 0 Å². The summed E-state index contributed by atoms with van der Waals surface area (Å²) in [5, 5.41) is 9.92. The van der Waals surface area contributed by atoms with E-state index in [2.05, 4.69) is 15.7 Å². The summed E-state index contributed by atoms with van der Waals surface area (Å²) < 4.78 is 1.52. The van der Waals surface area contributed by atoms with Crippen molar-refractivity contribution in [3.05, 3.63) is 77.6 Å². The third kappa shape index (κ3) is 4.24. The van der Waals surface area contributed by atoms with Gasteiger partial charge < -0.3 is 10.6 Å². The molecule has 3 rings (SSSR count). The van der Waals surface area contributed by atoms with E-state index in [0.29, 0.717) is 22.0 Å². The molecule has 0 bridgehead atoms. The molecular weight excluding hydrogens is 340 g/mol. The van der Waals surface area contributed by atoms with Gasteiger partial charge in [-0.2, -0.15) is 5.10 Å². The van der Waals surface area contributed by atoms with Crippen LogP contribution in [0.15, 0.2) is 67.0 Å². The minimum Gasteiger partial charge on any atom is -0.343 e. The lowest BCUT2D eigenvalue weighted by Crippen LogP contribution is -2.32. The summed E-state index contributed by atoms with van der Waals surface area (Å²) >= 11 is 6.11. The Morgan fingerprint density at radius 3 is 2.52 bits per heavy atom. The van der Waals surface area contributed by atoms with Gasteiger partial charge >= 0.3 is 0 Å². The van der Waals surface area contributed by atoms with Gasteiger partial charge in [-0.05, 0) is 24.3 Å². The summed E-state index contributed by atoms with van der Waals surface area (Å²) in [5.41, 5.74) is 1.69. The summed E-state index contributed by atoms with van der Waals surface area (Å²) in [6.45, 7) is -0.134. The van der Waals surface area contributed by atoms with E-state index in [0.717, 1.165) is 0 Å². The number of rotatable bonds is 5. The van der Waals surface area contributed by atoms with Gasteiger partial charge in [0.05, 0.1) is 29.0 Å². The SMILES string of the molecule is O=C(CNC(=O)c1cnn(-c2ccccc2Cl)c1)Nc1ccccc1. The zero-order valence-corrected chi connectivity index (χ0v) is 13.9. The number of benzene rings is 2. The van der Waals surface area contributed by atoms with Gasteiger partial charge in [0.1, 0.15) is 0 Å². The Kier molecular flexibility index (Phi) is 5.11. The molecule has 25 heavy (non-hydrogen) atoms. The Balaban J connectivity index is 1.59. The van der Waals surface area contributed by atoms with E-state index < -0.39 is 0 Å². The largest absolute Gasteiger partial charge is 0.343 e. The average molecular weight is 355 g/mol. The minimum absolute atomic E-state index is 0.134. The van der Waals surface area contributed by atoms with Gasteiger partial charge in [-0.25, -0.2) is 4.68 Å². The number of carbonyl (C=O) groups excluding carboxylic acids is 2. The summed E-state index contributed by atoms with van der Waals surface area (Å²) in [5.74, 6) is -0.695. The zero-order valence-electron chi connectivity index (χ0n) is 13.1. The molecule has 0 saturated carbocycles. The first-order valence-electron chi connectivity index (χ1n) is 7.56. The monoisotopic (exact) mass is 354 g/mol. The predicted octanol–water partition coefficient (Wildman–Crippen LogP) is 2.89. The maximum atomic E-state index is 12.2. The third-order valence-corrected chi connectivity index (χ3v) is 3.73. The molecule has 0 spiro atoms. The normalized spacial score (nSPS) is 10.3. The molecule has 3 aromatic rings. The molecule has 0 radical (unpaired) electrons. The second-order valence-electron chi connectivity index (χ2n) is 5.22. The zero-order chi connectivity index (χ0) is 17.6. The second-order valence-corrected chi connectivity index (χ2v) is 5.63. The first-order valence-corrected chi connectivity index (χ1v) is 7.94. The first-order chi connectivity index (χ1) is 12.1. The van der Waals surface area contributed by atoms with Crippen LogP contribution in [0.1, 0.15) is 10.4 Å². The molecule has 7 heteroatoms. The maximum absolute atomic E-state index is 12.2. The fourth-order valence-corrected chi connectivity index (χ4v) is 2.42. The van der Waals surface area contributed by atoms with Gasteiger partial charge in [0.15, 0.2) is 0 Å². The van der Waals surface area contributed by atoms with Crippen LogP contribution in [0.4, 0.5) is 5.69 Å². The van der Waals surface area contributed by atoms with Crippen LogP contribution in [-0.2, 0) is 4.79 Å². The van der Waals surface area contributed by atoms with Crippen LogP contribution in [0.5, 0.6) is 0 Å². The van der Waals surface area contributed by atoms with Crippen LogP contribution in [0.3, 0.4) is 0 Å². The molecule has 0 unspecified atom stereocenters. The number of anilines is 1. The van der Waals surface area contributed by atoms with E-state index in [1.54, 1.807) is 30.5 Å². The molecule has 0 atom stereocenters. The first kappa shape index (κ1) is 16.7. The van der Waals surface area contributed by atoms with Gasteiger partial charge in [0, 0.05) is 11.9 Å². The van der Waals surface area contributed by atoms with E-state index in [9.17, 15) is 9.59 Å². The Labute approximate surface area is 149 Å². The van der Waals surface area contributed by atoms with Crippen molar-refractivity contribution < 1.29 is 9.59 Å². The summed E-state index contributed by atoms with van der Waals surface area (Å²) in [4.78, 5) is 24.0. The number of nitrogens with zero attached hydrogens (tertiary/aromatic N) is 2. The molecular formula is C18H15ClN4O2. The predicted molar refractivity (Wildman–Crippen MR) is 96.0 cm³/mol. The number of para-hydroxylation sites is 2. The summed E-state index contributed by atoms with van der Waals surface area (Å²) in [7, 11) is 0. The topological polar surface area (TPSA) is 76.0 Å². The van der Waals surface area contributed by atoms with Crippen molar-refractivity contribution in [1.82, 2.24) is 15.1 Å². The number of aromatic nitrogens is 2. The molecule has 126 valence electrons. The van der Waals surface area contributed by atoms with Crippen LogP contribution < -0.4 is 10.6 Å². The number of nitrogens with one attached hydrogen (secondary N) is 2. The van der Waals surface area contributed by atoms with Gasteiger partial charge in [-0.1, -0.05) is 41.9 Å². The van der Waals surface area contributed by atoms with Crippen LogP contribution in [-0.4, -0.2) is 28.1 Å². The molecule has 0 aliphatic heterocycles. The molecule has 1 heterocycles. The van der Waals surface area contributed by atoms with Gasteiger partial charge in [0.25, 0.3) is 5.91 Å². The van der Waals surface area contributed by atoms with E-state index in [-0.39, 0.29) is 18.4 Å². The van der Waals surface area contributed by atoms with E-state index >= 15 is 0 Å². The van der Waals surface area contributed by atoms with E-state index in [1.807, 2.05) is 30.3 Å². The lowest BCUT2D eigenvalue weighted by atomic mass is 10.3. The number of carbonyl (C=O) groups is 2. The van der Waals surface area contributed by atoms with Crippen molar-refractivity contribution in [2.45, 2.75) is 0 Å². The number of hydrogen-bond donors (Lipinski definition) is 2. The molecule has 2 amide bonds. The van der Waals surface area contributed by atoms with Crippen molar-refractivity contribution in [3.8, 4) is 5.69 Å². The smallest absolute Gasteiger partial charge is 0.254 e. The average Bonchev–Trinajstić information content (AvgIpc) is 3.11. The molecule has 0 aliphatic rings. The lowest BCUT2D eigenvalue weighted by Gasteiger charge is -2.06. The highest BCUT2D eigenvalue weighted by Gasteiger charge is 2.12. The Hall–Kier alpha value is -3.12. The highest BCUT2D eigenvalue weighted by atomic mass is 35.5.